The summed E-state index contributed by atoms with van der Waals surface area (Å²) in [5.41, 5.74) is 4.42. The van der Waals surface area contributed by atoms with Gasteiger partial charge in [-0.15, -0.1) is 0 Å². The number of aromatic nitrogens is 7. The number of hydrogen-bond acceptors (Lipinski definition) is 8. The smallest absolute Gasteiger partial charge is 0.283 e. The number of nitrogens with one attached hydrogen (secondary N) is 3. The first-order valence-corrected chi connectivity index (χ1v) is 9.94. The highest BCUT2D eigenvalue weighted by atomic mass is 19.1. The van der Waals surface area contributed by atoms with E-state index in [9.17, 15) is 9.18 Å². The summed E-state index contributed by atoms with van der Waals surface area (Å²) in [7, 11) is 0. The van der Waals surface area contributed by atoms with Crippen molar-refractivity contribution in [3.8, 4) is 0 Å². The summed E-state index contributed by atoms with van der Waals surface area (Å²) >= 11 is 0. The van der Waals surface area contributed by atoms with Crippen LogP contribution in [0.4, 0.5) is 15.9 Å². The maximum absolute atomic E-state index is 14.5. The molecule has 4 aromatic heterocycles. The summed E-state index contributed by atoms with van der Waals surface area (Å²) in [5.74, 6) is 0.217. The number of H-pyrrole nitrogens is 1. The van der Waals surface area contributed by atoms with Crippen LogP contribution in [-0.2, 0) is 0 Å². The van der Waals surface area contributed by atoms with Gasteiger partial charge >= 0.3 is 0 Å². The molecule has 4 heterocycles. The molecule has 5 aromatic rings. The molecule has 5 rings (SSSR count). The van der Waals surface area contributed by atoms with Crippen molar-refractivity contribution in [3.63, 3.8) is 0 Å². The van der Waals surface area contributed by atoms with Crippen molar-refractivity contribution >= 4 is 33.6 Å². The van der Waals surface area contributed by atoms with Crippen molar-refractivity contribution in [1.82, 2.24) is 34.6 Å². The van der Waals surface area contributed by atoms with Crippen LogP contribution in [0.15, 0.2) is 60.2 Å². The number of fused-ring (bicyclic) bond motifs is 2. The topological polar surface area (TPSA) is 126 Å². The molecule has 11 heteroatoms. The Morgan fingerprint density at radius 3 is 2.91 bits per heavy atom. The Hall–Kier alpha value is -4.41. The maximum Gasteiger partial charge on any atom is 0.283 e. The van der Waals surface area contributed by atoms with E-state index in [-0.39, 0.29) is 10.9 Å². The molecule has 0 aliphatic rings. The van der Waals surface area contributed by atoms with Crippen LogP contribution in [0.1, 0.15) is 25.2 Å². The number of imidazole rings is 1. The van der Waals surface area contributed by atoms with E-state index in [1.165, 1.54) is 29.5 Å². The van der Waals surface area contributed by atoms with Crippen molar-refractivity contribution in [2.24, 2.45) is 0 Å². The van der Waals surface area contributed by atoms with Gasteiger partial charge in [-0.2, -0.15) is 0 Å². The number of rotatable bonds is 6. The van der Waals surface area contributed by atoms with Crippen LogP contribution in [0.25, 0.3) is 22.1 Å². The third kappa shape index (κ3) is 3.39. The molecule has 0 spiro atoms. The highest BCUT2D eigenvalue weighted by Crippen LogP contribution is 2.25. The third-order valence-corrected chi connectivity index (χ3v) is 5.02. The van der Waals surface area contributed by atoms with E-state index in [0.29, 0.717) is 34.9 Å². The standard InChI is InChI=1S/C21H18FN9O/c1-2-14(28-19-17-18(25-10-24-17)26-11-27-19)20-29-15-7-3-6-13(22)16(15)21(32)31(20)30-12-5-4-8-23-9-12/h3-11,14,30H,2H2,1H3,(H2,24,25,26,27,28)/t14-/m0/s1. The van der Waals surface area contributed by atoms with Gasteiger partial charge in [-0.1, -0.05) is 13.0 Å². The fourth-order valence-corrected chi connectivity index (χ4v) is 3.49. The quantitative estimate of drug-likeness (QED) is 0.375. The SMILES string of the molecule is CC[C@H](Nc1ncnc2[nH]cnc12)c1nc2cccc(F)c2c(=O)n1Nc1cccnc1. The lowest BCUT2D eigenvalue weighted by Crippen LogP contribution is -2.34. The van der Waals surface area contributed by atoms with Crippen molar-refractivity contribution in [1.29, 1.82) is 0 Å². The van der Waals surface area contributed by atoms with Gasteiger partial charge in [0.05, 0.1) is 29.8 Å². The van der Waals surface area contributed by atoms with Crippen LogP contribution in [0, 0.1) is 5.82 Å². The molecule has 32 heavy (non-hydrogen) atoms. The highest BCUT2D eigenvalue weighted by molar-refractivity contribution is 5.82. The van der Waals surface area contributed by atoms with Gasteiger partial charge in [0.1, 0.15) is 23.0 Å². The first kappa shape index (κ1) is 19.5. The summed E-state index contributed by atoms with van der Waals surface area (Å²) in [4.78, 5) is 37.7. The fraction of sp³-hybridized carbons (Fsp3) is 0.143. The van der Waals surface area contributed by atoms with Gasteiger partial charge in [0.25, 0.3) is 5.56 Å². The molecule has 3 N–H and O–H groups in total. The summed E-state index contributed by atoms with van der Waals surface area (Å²) < 4.78 is 15.8. The second-order valence-electron chi connectivity index (χ2n) is 7.03. The van der Waals surface area contributed by atoms with Gasteiger partial charge in [0.15, 0.2) is 17.3 Å². The Balaban J connectivity index is 1.67. The molecule has 10 nitrogen and oxygen atoms in total. The molecule has 0 unspecified atom stereocenters. The number of hydrogen-bond donors (Lipinski definition) is 3. The van der Waals surface area contributed by atoms with E-state index >= 15 is 0 Å². The van der Waals surface area contributed by atoms with Crippen LogP contribution < -0.4 is 16.3 Å². The van der Waals surface area contributed by atoms with Crippen LogP contribution in [0.5, 0.6) is 0 Å². The first-order valence-electron chi connectivity index (χ1n) is 9.94. The minimum Gasteiger partial charge on any atom is -0.358 e. The molecular formula is C21H18FN9O. The van der Waals surface area contributed by atoms with Crippen molar-refractivity contribution < 1.29 is 4.39 Å². The predicted octanol–water partition coefficient (Wildman–Crippen LogP) is 3.04. The van der Waals surface area contributed by atoms with Gasteiger partial charge in [-0.05, 0) is 30.7 Å². The van der Waals surface area contributed by atoms with Gasteiger partial charge in [-0.3, -0.25) is 15.2 Å². The Labute approximate surface area is 180 Å². The lowest BCUT2D eigenvalue weighted by Gasteiger charge is -2.22. The lowest BCUT2D eigenvalue weighted by atomic mass is 10.1. The Morgan fingerprint density at radius 1 is 1.19 bits per heavy atom. The third-order valence-electron chi connectivity index (χ3n) is 5.02. The van der Waals surface area contributed by atoms with Gasteiger partial charge < -0.3 is 10.3 Å². The number of halogens is 1. The van der Waals surface area contributed by atoms with Crippen LogP contribution in [0.3, 0.4) is 0 Å². The van der Waals surface area contributed by atoms with Crippen molar-refractivity contribution in [2.75, 3.05) is 10.7 Å². The second-order valence-corrected chi connectivity index (χ2v) is 7.03. The molecule has 160 valence electrons. The Morgan fingerprint density at radius 2 is 2.09 bits per heavy atom. The molecule has 0 bridgehead atoms. The van der Waals surface area contributed by atoms with Crippen molar-refractivity contribution in [2.45, 2.75) is 19.4 Å². The fourth-order valence-electron chi connectivity index (χ4n) is 3.49. The average Bonchev–Trinajstić information content (AvgIpc) is 3.30. The zero-order valence-electron chi connectivity index (χ0n) is 17.0. The Kier molecular flexibility index (Phi) is 4.90. The molecule has 0 aliphatic heterocycles. The van der Waals surface area contributed by atoms with Gasteiger partial charge in [0.2, 0.25) is 0 Å². The summed E-state index contributed by atoms with van der Waals surface area (Å²) in [5, 5.41) is 3.20. The Bertz CT molecular complexity index is 1470. The highest BCUT2D eigenvalue weighted by Gasteiger charge is 2.22. The predicted molar refractivity (Wildman–Crippen MR) is 118 cm³/mol. The van der Waals surface area contributed by atoms with E-state index in [4.69, 9.17) is 0 Å². The molecule has 0 amide bonds. The number of pyridine rings is 1. The molecule has 0 fully saturated rings. The largest absolute Gasteiger partial charge is 0.358 e. The summed E-state index contributed by atoms with van der Waals surface area (Å²) in [6.07, 6.45) is 6.68. The molecule has 0 aliphatic carbocycles. The zero-order chi connectivity index (χ0) is 22.1. The molecule has 1 aromatic carbocycles. The second kappa shape index (κ2) is 8.02. The number of nitrogens with zero attached hydrogens (tertiary/aromatic N) is 6. The maximum atomic E-state index is 14.5. The van der Waals surface area contributed by atoms with Crippen LogP contribution in [0.2, 0.25) is 0 Å². The summed E-state index contributed by atoms with van der Waals surface area (Å²) in [6.45, 7) is 1.94. The monoisotopic (exact) mass is 431 g/mol. The zero-order valence-corrected chi connectivity index (χ0v) is 17.0. The van der Waals surface area contributed by atoms with Gasteiger partial charge in [-0.25, -0.2) is 29.0 Å². The summed E-state index contributed by atoms with van der Waals surface area (Å²) in [6, 6.07) is 7.41. The molecule has 0 saturated heterocycles. The molecule has 0 saturated carbocycles. The minimum absolute atomic E-state index is 0.0979. The first-order chi connectivity index (χ1) is 15.7. The van der Waals surface area contributed by atoms with E-state index in [0.717, 1.165) is 0 Å². The van der Waals surface area contributed by atoms with Crippen LogP contribution >= 0.6 is 0 Å². The lowest BCUT2D eigenvalue weighted by molar-refractivity contribution is 0.622. The molecular weight excluding hydrogens is 413 g/mol. The van der Waals surface area contributed by atoms with Gasteiger partial charge in [0, 0.05) is 6.20 Å². The average molecular weight is 431 g/mol. The normalized spacial score (nSPS) is 12.2. The molecule has 0 radical (unpaired) electrons. The number of anilines is 2. The van der Waals surface area contributed by atoms with E-state index in [1.54, 1.807) is 30.6 Å². The number of aromatic amines is 1. The van der Waals surface area contributed by atoms with Crippen LogP contribution in [-0.4, -0.2) is 34.6 Å². The van der Waals surface area contributed by atoms with E-state index in [1.807, 2.05) is 6.92 Å². The molecule has 1 atom stereocenters. The minimum atomic E-state index is -0.636. The number of benzene rings is 1. The van der Waals surface area contributed by atoms with Crippen molar-refractivity contribution in [3.05, 3.63) is 77.4 Å². The van der Waals surface area contributed by atoms with E-state index < -0.39 is 17.4 Å². The van der Waals surface area contributed by atoms with E-state index in [2.05, 4.69) is 40.6 Å².